The summed E-state index contributed by atoms with van der Waals surface area (Å²) in [5, 5.41) is 7.62. The number of hydrogen-bond acceptors (Lipinski definition) is 4. The van der Waals surface area contributed by atoms with Gasteiger partial charge in [0.05, 0.1) is 23.6 Å². The number of fused-ring (bicyclic) bond motifs is 2. The Labute approximate surface area is 267 Å². The molecule has 2 amide bonds. The SMILES string of the molecule is CC(C)C[C@H](NC(=O)[C@H](Cc1c[nH]c2ccccc12)NC(=O)C1CCCc2ccccc21)B1O[C@@H]2C[C@@H]3C[C@@H](C3(C)C)[C@]2(C)O1. The number of carbonyl (C=O) groups is 2. The minimum Gasteiger partial charge on any atom is -0.404 e. The molecule has 1 aliphatic heterocycles. The van der Waals surface area contributed by atoms with Gasteiger partial charge in [0.2, 0.25) is 11.8 Å². The van der Waals surface area contributed by atoms with Crippen molar-refractivity contribution in [3.63, 3.8) is 0 Å². The van der Waals surface area contributed by atoms with Crippen molar-refractivity contribution >= 4 is 29.8 Å². The minimum atomic E-state index is -0.744. The molecule has 5 aliphatic rings. The first kappa shape index (κ1) is 30.6. The van der Waals surface area contributed by atoms with Crippen molar-refractivity contribution < 1.29 is 18.9 Å². The lowest BCUT2D eigenvalue weighted by Crippen LogP contribution is -2.65. The molecular formula is C37H48BN3O4. The molecule has 3 aromatic rings. The second-order valence-electron chi connectivity index (χ2n) is 15.4. The molecule has 0 radical (unpaired) electrons. The van der Waals surface area contributed by atoms with Crippen molar-refractivity contribution in [3.05, 3.63) is 71.4 Å². The van der Waals surface area contributed by atoms with Crippen LogP contribution < -0.4 is 10.6 Å². The van der Waals surface area contributed by atoms with Crippen LogP contribution in [0.4, 0.5) is 0 Å². The Morgan fingerprint density at radius 2 is 1.82 bits per heavy atom. The predicted octanol–water partition coefficient (Wildman–Crippen LogP) is 6.11. The maximum Gasteiger partial charge on any atom is 0.481 e. The van der Waals surface area contributed by atoms with E-state index in [2.05, 4.69) is 68.4 Å². The summed E-state index contributed by atoms with van der Waals surface area (Å²) in [6.45, 7) is 11.3. The number of rotatable bonds is 9. The molecule has 7 nitrogen and oxygen atoms in total. The van der Waals surface area contributed by atoms with Gasteiger partial charge >= 0.3 is 7.12 Å². The van der Waals surface area contributed by atoms with Crippen molar-refractivity contribution in [1.29, 1.82) is 0 Å². The maximum absolute atomic E-state index is 14.3. The zero-order valence-electron chi connectivity index (χ0n) is 27.4. The highest BCUT2D eigenvalue weighted by molar-refractivity contribution is 6.48. The summed E-state index contributed by atoms with van der Waals surface area (Å²) in [5.74, 6) is 0.556. The molecule has 1 saturated heterocycles. The van der Waals surface area contributed by atoms with Crippen LogP contribution in [0.1, 0.15) is 89.3 Å². The number of aromatic amines is 1. The molecule has 1 unspecified atom stereocenters. The van der Waals surface area contributed by atoms with Crippen molar-refractivity contribution in [2.45, 2.75) is 109 Å². The van der Waals surface area contributed by atoms with Crippen LogP contribution in [0, 0.1) is 23.2 Å². The highest BCUT2D eigenvalue weighted by Crippen LogP contribution is 2.65. The van der Waals surface area contributed by atoms with E-state index in [-0.39, 0.29) is 40.8 Å². The van der Waals surface area contributed by atoms with Crippen molar-refractivity contribution in [1.82, 2.24) is 15.6 Å². The Hall–Kier alpha value is -3.10. The summed E-state index contributed by atoms with van der Waals surface area (Å²) < 4.78 is 13.5. The quantitative estimate of drug-likeness (QED) is 0.255. The molecule has 7 atom stereocenters. The predicted molar refractivity (Wildman–Crippen MR) is 178 cm³/mol. The van der Waals surface area contributed by atoms with E-state index in [0.29, 0.717) is 24.2 Å². The number of aryl methyl sites for hydroxylation is 1. The van der Waals surface area contributed by atoms with Crippen LogP contribution in [-0.2, 0) is 31.7 Å². The number of aromatic nitrogens is 1. The highest BCUT2D eigenvalue weighted by atomic mass is 16.7. The standard InChI is InChI=1S/C37H48BN3O4/c1-22(2)17-33(38-44-32-20-25-19-31(36(25,3)4)37(32,5)45-38)41-35(43)30(18-24-21-39-29-16-9-8-14-27(24)29)40-34(42)28-15-10-12-23-11-6-7-13-26(23)28/h6-9,11,13-14,16,21-22,25,28,30-33,39H,10,12,15,17-20H2,1-5H3,(H,40,42)(H,41,43)/t25-,28?,30-,31-,32+,33-,37-/m0/s1. The summed E-state index contributed by atoms with van der Waals surface area (Å²) >= 11 is 0. The third kappa shape index (κ3) is 5.42. The van der Waals surface area contributed by atoms with Gasteiger partial charge in [-0.15, -0.1) is 0 Å². The van der Waals surface area contributed by atoms with Gasteiger partial charge in [-0.1, -0.05) is 70.2 Å². The summed E-state index contributed by atoms with van der Waals surface area (Å²) in [6, 6.07) is 15.6. The third-order valence-electron chi connectivity index (χ3n) is 11.8. The third-order valence-corrected chi connectivity index (χ3v) is 11.8. The fraction of sp³-hybridized carbons (Fsp3) is 0.568. The number of amides is 2. The number of H-pyrrole nitrogens is 1. The lowest BCUT2D eigenvalue weighted by molar-refractivity contribution is -0.199. The summed E-state index contributed by atoms with van der Waals surface area (Å²) in [4.78, 5) is 31.6. The van der Waals surface area contributed by atoms with Crippen LogP contribution in [-0.4, -0.2) is 47.6 Å². The van der Waals surface area contributed by atoms with Gasteiger partial charge in [-0.2, -0.15) is 0 Å². The summed E-state index contributed by atoms with van der Waals surface area (Å²) in [6.07, 6.45) is 8.01. The molecule has 0 spiro atoms. The zero-order chi connectivity index (χ0) is 31.5. The largest absolute Gasteiger partial charge is 0.481 e. The first-order chi connectivity index (χ1) is 21.5. The van der Waals surface area contributed by atoms with Gasteiger partial charge in [0.15, 0.2) is 0 Å². The smallest absolute Gasteiger partial charge is 0.404 e. The molecule has 2 bridgehead atoms. The number of nitrogens with one attached hydrogen (secondary N) is 3. The van der Waals surface area contributed by atoms with E-state index in [1.165, 1.54) is 12.0 Å². The van der Waals surface area contributed by atoms with Gasteiger partial charge in [0, 0.05) is 23.5 Å². The lowest BCUT2D eigenvalue weighted by atomic mass is 9.43. The summed E-state index contributed by atoms with van der Waals surface area (Å²) in [5.41, 5.74) is 4.22. The Balaban J connectivity index is 1.14. The first-order valence-corrected chi connectivity index (χ1v) is 17.1. The molecule has 8 heteroatoms. The highest BCUT2D eigenvalue weighted by Gasteiger charge is 2.68. The summed E-state index contributed by atoms with van der Waals surface area (Å²) in [7, 11) is -0.517. The van der Waals surface area contributed by atoms with Gasteiger partial charge in [0.1, 0.15) is 6.04 Å². The molecule has 45 heavy (non-hydrogen) atoms. The molecule has 1 aromatic heterocycles. The normalized spacial score (nSPS) is 29.4. The molecular weight excluding hydrogens is 561 g/mol. The van der Waals surface area contributed by atoms with Gasteiger partial charge in [0.25, 0.3) is 0 Å². The van der Waals surface area contributed by atoms with E-state index in [9.17, 15) is 9.59 Å². The van der Waals surface area contributed by atoms with Crippen LogP contribution in [0.15, 0.2) is 54.7 Å². The number of hydrogen-bond donors (Lipinski definition) is 3. The van der Waals surface area contributed by atoms with Crippen LogP contribution in [0.5, 0.6) is 0 Å². The van der Waals surface area contributed by atoms with Crippen molar-refractivity contribution in [3.8, 4) is 0 Å². The Morgan fingerprint density at radius 3 is 2.62 bits per heavy atom. The van der Waals surface area contributed by atoms with Crippen LogP contribution in [0.2, 0.25) is 0 Å². The van der Waals surface area contributed by atoms with E-state index >= 15 is 0 Å². The molecule has 4 aliphatic carbocycles. The second-order valence-corrected chi connectivity index (χ2v) is 15.4. The Kier molecular flexibility index (Phi) is 7.88. The molecule has 8 rings (SSSR count). The maximum atomic E-state index is 14.3. The molecule has 3 saturated carbocycles. The fourth-order valence-corrected chi connectivity index (χ4v) is 9.13. The van der Waals surface area contributed by atoms with E-state index < -0.39 is 13.2 Å². The number of benzene rings is 2. The minimum absolute atomic E-state index is 0.0407. The van der Waals surface area contributed by atoms with Gasteiger partial charge in [-0.25, -0.2) is 0 Å². The molecule has 3 N–H and O–H groups in total. The average molecular weight is 610 g/mol. The van der Waals surface area contributed by atoms with Crippen molar-refractivity contribution in [2.75, 3.05) is 0 Å². The van der Waals surface area contributed by atoms with Gasteiger partial charge in [-0.05, 0) is 91.4 Å². The van der Waals surface area contributed by atoms with E-state index in [0.717, 1.165) is 54.1 Å². The van der Waals surface area contributed by atoms with E-state index in [1.807, 2.05) is 36.5 Å². The molecule has 2 aromatic carbocycles. The first-order valence-electron chi connectivity index (χ1n) is 17.1. The second kappa shape index (κ2) is 11.6. The van der Waals surface area contributed by atoms with E-state index in [4.69, 9.17) is 9.31 Å². The van der Waals surface area contributed by atoms with E-state index in [1.54, 1.807) is 0 Å². The molecule has 2 heterocycles. The number of para-hydroxylation sites is 1. The average Bonchev–Trinajstić information content (AvgIpc) is 3.60. The molecule has 238 valence electrons. The Morgan fingerprint density at radius 1 is 1.04 bits per heavy atom. The van der Waals surface area contributed by atoms with Gasteiger partial charge < -0.3 is 24.9 Å². The number of carbonyl (C=O) groups excluding carboxylic acids is 2. The Bertz CT molecular complexity index is 1580. The monoisotopic (exact) mass is 609 g/mol. The van der Waals surface area contributed by atoms with Crippen LogP contribution in [0.25, 0.3) is 10.9 Å². The van der Waals surface area contributed by atoms with Crippen molar-refractivity contribution in [2.24, 2.45) is 23.2 Å². The topological polar surface area (TPSA) is 92.5 Å². The van der Waals surface area contributed by atoms with Crippen LogP contribution >= 0.6 is 0 Å². The molecule has 4 fully saturated rings. The van der Waals surface area contributed by atoms with Gasteiger partial charge in [-0.3, -0.25) is 9.59 Å². The fourth-order valence-electron chi connectivity index (χ4n) is 9.13. The van der Waals surface area contributed by atoms with Crippen LogP contribution in [0.3, 0.4) is 0 Å². The lowest BCUT2D eigenvalue weighted by Gasteiger charge is -2.64. The zero-order valence-corrected chi connectivity index (χ0v) is 27.4.